The van der Waals surface area contributed by atoms with Gasteiger partial charge >= 0.3 is 0 Å². The van der Waals surface area contributed by atoms with Gasteiger partial charge in [0.05, 0.1) is 5.52 Å². The van der Waals surface area contributed by atoms with Gasteiger partial charge in [-0.3, -0.25) is 9.78 Å². The molecule has 0 radical (unpaired) electrons. The average Bonchev–Trinajstić information content (AvgIpc) is 3.33. The van der Waals surface area contributed by atoms with Gasteiger partial charge in [-0.1, -0.05) is 11.6 Å². The van der Waals surface area contributed by atoms with E-state index < -0.39 is 0 Å². The summed E-state index contributed by atoms with van der Waals surface area (Å²) in [7, 11) is 0. The third-order valence-corrected chi connectivity index (χ3v) is 8.01. The van der Waals surface area contributed by atoms with Crippen molar-refractivity contribution in [3.8, 4) is 0 Å². The molecule has 32 heavy (non-hydrogen) atoms. The van der Waals surface area contributed by atoms with Crippen molar-refractivity contribution in [2.45, 2.75) is 51.0 Å². The molecule has 0 aliphatic heterocycles. The van der Waals surface area contributed by atoms with Gasteiger partial charge in [-0.2, -0.15) is 0 Å². The number of hydrogen-bond acceptors (Lipinski definition) is 2. The monoisotopic (exact) mass is 450 g/mol. The highest BCUT2D eigenvalue weighted by atomic mass is 35.5. The quantitative estimate of drug-likeness (QED) is 0.477. The van der Waals surface area contributed by atoms with E-state index in [1.807, 2.05) is 6.20 Å². The van der Waals surface area contributed by atoms with Crippen LogP contribution in [0.15, 0.2) is 54.7 Å². The van der Waals surface area contributed by atoms with Crippen molar-refractivity contribution in [3.63, 3.8) is 0 Å². The van der Waals surface area contributed by atoms with Crippen molar-refractivity contribution in [2.75, 3.05) is 0 Å². The minimum absolute atomic E-state index is 0.0492. The summed E-state index contributed by atoms with van der Waals surface area (Å²) in [6, 6.07) is 14.0. The highest BCUT2D eigenvalue weighted by Gasteiger charge is 2.47. The minimum Gasteiger partial charge on any atom is -0.347 e. The number of fused-ring (bicyclic) bond motifs is 2. The smallest absolute Gasteiger partial charge is 0.251 e. The van der Waals surface area contributed by atoms with Crippen LogP contribution < -0.4 is 5.32 Å². The zero-order valence-electron chi connectivity index (χ0n) is 18.4. The van der Waals surface area contributed by atoms with Crippen LogP contribution in [0.2, 0.25) is 5.02 Å². The first-order chi connectivity index (χ1) is 15.3. The number of carbonyl (C=O) groups is 1. The first-order valence-corrected chi connectivity index (χ1v) is 11.8. The largest absolute Gasteiger partial charge is 0.347 e. The van der Waals surface area contributed by atoms with E-state index in [1.54, 1.807) is 36.4 Å². The van der Waals surface area contributed by atoms with Crippen LogP contribution >= 0.6 is 11.6 Å². The van der Waals surface area contributed by atoms with Gasteiger partial charge in [-0.05, 0) is 117 Å². The van der Waals surface area contributed by atoms with Crippen LogP contribution in [0, 0.1) is 23.6 Å². The number of benzene rings is 2. The van der Waals surface area contributed by atoms with Crippen LogP contribution in [0.5, 0.6) is 0 Å². The molecule has 3 aromatic rings. The molecule has 1 heterocycles. The lowest BCUT2D eigenvalue weighted by Gasteiger charge is -2.34. The molecule has 2 aliphatic rings. The van der Waals surface area contributed by atoms with Gasteiger partial charge in [-0.15, -0.1) is 0 Å². The first-order valence-electron chi connectivity index (χ1n) is 11.4. The molecule has 2 aromatic carbocycles. The lowest BCUT2D eigenvalue weighted by Crippen LogP contribution is -2.48. The molecule has 0 spiro atoms. The maximum atomic E-state index is 13.9. The summed E-state index contributed by atoms with van der Waals surface area (Å²) in [5.41, 5.74) is 2.46. The molecule has 3 nitrogen and oxygen atoms in total. The Balaban J connectivity index is 1.27. The predicted molar refractivity (Wildman–Crippen MR) is 126 cm³/mol. The molecular formula is C27H28ClFN2O. The zero-order chi connectivity index (χ0) is 22.5. The highest BCUT2D eigenvalue weighted by Crippen LogP contribution is 2.55. The van der Waals surface area contributed by atoms with Gasteiger partial charge in [0.15, 0.2) is 0 Å². The molecule has 166 valence electrons. The van der Waals surface area contributed by atoms with E-state index >= 15 is 0 Å². The van der Waals surface area contributed by atoms with Crippen molar-refractivity contribution in [3.05, 3.63) is 76.7 Å². The minimum atomic E-state index is -0.275. The SMILES string of the molecule is CC(C)(NC(=O)c1ccc(Cl)cc1)[C@H]1C[C@H]2CC(c3ccnc4ccc(F)cc34)C[C@H]2C1. The topological polar surface area (TPSA) is 42.0 Å². The number of nitrogens with one attached hydrogen (secondary N) is 1. The Morgan fingerprint density at radius 1 is 1.03 bits per heavy atom. The maximum absolute atomic E-state index is 13.9. The van der Waals surface area contributed by atoms with Gasteiger partial charge < -0.3 is 5.32 Å². The van der Waals surface area contributed by atoms with E-state index in [0.717, 1.165) is 36.6 Å². The second kappa shape index (κ2) is 8.15. The summed E-state index contributed by atoms with van der Waals surface area (Å²) in [5, 5.41) is 4.84. The van der Waals surface area contributed by atoms with Crippen LogP contribution in [0.1, 0.15) is 61.4 Å². The number of amides is 1. The Hall–Kier alpha value is -2.46. The Bertz CT molecular complexity index is 1150. The van der Waals surface area contributed by atoms with Crippen LogP contribution in [0.3, 0.4) is 0 Å². The molecule has 1 amide bonds. The van der Waals surface area contributed by atoms with Crippen LogP contribution in [-0.2, 0) is 0 Å². The number of pyridine rings is 1. The van der Waals surface area contributed by atoms with Crippen molar-refractivity contribution in [2.24, 2.45) is 17.8 Å². The van der Waals surface area contributed by atoms with Crippen molar-refractivity contribution in [1.82, 2.24) is 10.3 Å². The van der Waals surface area contributed by atoms with E-state index in [9.17, 15) is 9.18 Å². The van der Waals surface area contributed by atoms with Crippen LogP contribution in [0.4, 0.5) is 4.39 Å². The third-order valence-electron chi connectivity index (χ3n) is 7.76. The number of halogens is 2. The van der Waals surface area contributed by atoms with Gasteiger partial charge in [0.2, 0.25) is 0 Å². The molecule has 2 fully saturated rings. The van der Waals surface area contributed by atoms with Crippen LogP contribution in [0.25, 0.3) is 10.9 Å². The summed E-state index contributed by atoms with van der Waals surface area (Å²) in [4.78, 5) is 17.2. The van der Waals surface area contributed by atoms with E-state index in [2.05, 4.69) is 30.2 Å². The molecule has 1 N–H and O–H groups in total. The fourth-order valence-corrected chi connectivity index (χ4v) is 6.15. The van der Waals surface area contributed by atoms with Gasteiger partial charge in [-0.25, -0.2) is 4.39 Å². The van der Waals surface area contributed by atoms with E-state index in [-0.39, 0.29) is 17.3 Å². The van der Waals surface area contributed by atoms with Crippen molar-refractivity contribution >= 4 is 28.4 Å². The van der Waals surface area contributed by atoms with E-state index in [1.165, 1.54) is 11.6 Å². The summed E-state index contributed by atoms with van der Waals surface area (Å²) in [6.45, 7) is 4.28. The van der Waals surface area contributed by atoms with Gasteiger partial charge in [0.25, 0.3) is 5.91 Å². The molecular weight excluding hydrogens is 423 g/mol. The molecule has 5 rings (SSSR count). The van der Waals surface area contributed by atoms with Crippen molar-refractivity contribution < 1.29 is 9.18 Å². The molecule has 0 bridgehead atoms. The Morgan fingerprint density at radius 3 is 2.41 bits per heavy atom. The summed E-state index contributed by atoms with van der Waals surface area (Å²) >= 11 is 5.95. The standard InChI is InChI=1S/C27H28ClFN2O/c1-27(2,31-26(32)16-3-5-21(28)6-4-16)20-13-17-11-19(12-18(17)14-20)23-9-10-30-25-8-7-22(29)15-24(23)25/h3-10,15,17-20H,11-14H2,1-2H3,(H,31,32)/t17-,18+,19?,20+. The highest BCUT2D eigenvalue weighted by molar-refractivity contribution is 6.30. The molecule has 4 atom stereocenters. The number of hydrogen-bond donors (Lipinski definition) is 1. The number of carbonyl (C=O) groups excluding carboxylic acids is 1. The van der Waals surface area contributed by atoms with E-state index in [4.69, 9.17) is 11.6 Å². The molecule has 2 saturated carbocycles. The number of nitrogens with zero attached hydrogens (tertiary/aromatic N) is 1. The first kappa shape index (κ1) is 21.4. The van der Waals surface area contributed by atoms with E-state index in [0.29, 0.717) is 34.3 Å². The molecule has 1 unspecified atom stereocenters. The second-order valence-corrected chi connectivity index (χ2v) is 10.5. The predicted octanol–water partition coefficient (Wildman–Crippen LogP) is 6.76. The normalized spacial score (nSPS) is 25.1. The Kier molecular flexibility index (Phi) is 5.45. The lowest BCUT2D eigenvalue weighted by molar-refractivity contribution is 0.0877. The zero-order valence-corrected chi connectivity index (χ0v) is 19.2. The number of rotatable bonds is 4. The number of aromatic nitrogens is 1. The molecule has 1 aromatic heterocycles. The second-order valence-electron chi connectivity index (χ2n) is 10.1. The fourth-order valence-electron chi connectivity index (χ4n) is 6.02. The Morgan fingerprint density at radius 2 is 1.72 bits per heavy atom. The van der Waals surface area contributed by atoms with Crippen LogP contribution in [-0.4, -0.2) is 16.4 Å². The van der Waals surface area contributed by atoms with Crippen molar-refractivity contribution in [1.29, 1.82) is 0 Å². The molecule has 2 aliphatic carbocycles. The fraction of sp³-hybridized carbons (Fsp3) is 0.407. The Labute approximate surface area is 193 Å². The third kappa shape index (κ3) is 4.01. The summed E-state index contributed by atoms with van der Waals surface area (Å²) in [6.07, 6.45) is 6.33. The van der Waals surface area contributed by atoms with Gasteiger partial charge in [0, 0.05) is 27.7 Å². The lowest BCUT2D eigenvalue weighted by atomic mass is 9.82. The van der Waals surface area contributed by atoms with Gasteiger partial charge in [0.1, 0.15) is 5.82 Å². The molecule has 0 saturated heterocycles. The average molecular weight is 451 g/mol. The summed E-state index contributed by atoms with van der Waals surface area (Å²) in [5.74, 6) is 1.93. The maximum Gasteiger partial charge on any atom is 0.251 e. The molecule has 5 heteroatoms. The summed E-state index contributed by atoms with van der Waals surface area (Å²) < 4.78 is 13.9.